The highest BCUT2D eigenvalue weighted by molar-refractivity contribution is 6.29. The van der Waals surface area contributed by atoms with Crippen molar-refractivity contribution in [3.63, 3.8) is 0 Å². The van der Waals surface area contributed by atoms with Gasteiger partial charge >= 0.3 is 11.6 Å². The minimum absolute atomic E-state index is 0.126. The van der Waals surface area contributed by atoms with Crippen LogP contribution >= 0.6 is 11.6 Å². The Morgan fingerprint density at radius 1 is 1.30 bits per heavy atom. The number of benzene rings is 1. The van der Waals surface area contributed by atoms with Crippen molar-refractivity contribution < 1.29 is 9.66 Å². The summed E-state index contributed by atoms with van der Waals surface area (Å²) in [6, 6.07) is 9.75. The van der Waals surface area contributed by atoms with Crippen LogP contribution in [-0.2, 0) is 0 Å². The van der Waals surface area contributed by atoms with Crippen LogP contribution in [0, 0.1) is 10.1 Å². The quantitative estimate of drug-likeness (QED) is 0.490. The third-order valence-corrected chi connectivity index (χ3v) is 2.76. The number of anilines is 1. The maximum Gasteiger partial charge on any atom is 0.331 e. The Bertz CT molecular complexity index is 647. The number of nitrogens with zero attached hydrogens (tertiary/aromatic N) is 3. The Kier molecular flexibility index (Phi) is 4.05. The second kappa shape index (κ2) is 5.75. The first kappa shape index (κ1) is 14.1. The van der Waals surface area contributed by atoms with Crippen molar-refractivity contribution in [2.75, 3.05) is 19.0 Å². The van der Waals surface area contributed by atoms with Crippen LogP contribution in [0.3, 0.4) is 0 Å². The summed E-state index contributed by atoms with van der Waals surface area (Å²) in [6.45, 7) is 0. The average Bonchev–Trinajstić information content (AvgIpc) is 2.38. The van der Waals surface area contributed by atoms with Crippen molar-refractivity contribution in [1.29, 1.82) is 0 Å². The van der Waals surface area contributed by atoms with Crippen LogP contribution in [0.4, 0.5) is 11.4 Å². The fourth-order valence-corrected chi connectivity index (χ4v) is 1.70. The molecule has 6 nitrogen and oxygen atoms in total. The van der Waals surface area contributed by atoms with Gasteiger partial charge in [0, 0.05) is 31.9 Å². The topological polar surface area (TPSA) is 68.5 Å². The summed E-state index contributed by atoms with van der Waals surface area (Å²) in [6.07, 6.45) is 0. The van der Waals surface area contributed by atoms with E-state index in [0.29, 0.717) is 5.75 Å². The largest absolute Gasteiger partial charge is 0.434 e. The fraction of sp³-hybridized carbons (Fsp3) is 0.154. The molecule has 0 saturated carbocycles. The van der Waals surface area contributed by atoms with Crippen molar-refractivity contribution >= 4 is 23.0 Å². The summed E-state index contributed by atoms with van der Waals surface area (Å²) >= 11 is 5.75. The van der Waals surface area contributed by atoms with Gasteiger partial charge in [-0.3, -0.25) is 10.1 Å². The van der Waals surface area contributed by atoms with Gasteiger partial charge in [-0.1, -0.05) is 17.7 Å². The molecule has 0 atom stereocenters. The molecule has 1 aromatic heterocycles. The highest BCUT2D eigenvalue weighted by Crippen LogP contribution is 2.31. The van der Waals surface area contributed by atoms with Crippen molar-refractivity contribution in [2.24, 2.45) is 0 Å². The number of halogens is 1. The van der Waals surface area contributed by atoms with Crippen molar-refractivity contribution in [3.05, 3.63) is 51.7 Å². The first-order valence-electron chi connectivity index (χ1n) is 5.73. The van der Waals surface area contributed by atoms with Crippen LogP contribution in [0.25, 0.3) is 0 Å². The lowest BCUT2D eigenvalue weighted by molar-refractivity contribution is -0.386. The number of hydrogen-bond acceptors (Lipinski definition) is 5. The Labute approximate surface area is 120 Å². The number of ether oxygens (including phenoxy) is 1. The van der Waals surface area contributed by atoms with Crippen LogP contribution in [0.5, 0.6) is 11.6 Å². The first-order chi connectivity index (χ1) is 9.47. The van der Waals surface area contributed by atoms with Crippen LogP contribution in [0.15, 0.2) is 36.4 Å². The lowest BCUT2D eigenvalue weighted by Gasteiger charge is -2.13. The zero-order chi connectivity index (χ0) is 14.7. The normalized spacial score (nSPS) is 10.2. The molecule has 0 fully saturated rings. The molecule has 0 aliphatic carbocycles. The summed E-state index contributed by atoms with van der Waals surface area (Å²) in [5.74, 6) is 0.326. The average molecular weight is 294 g/mol. The fourth-order valence-electron chi connectivity index (χ4n) is 1.56. The summed E-state index contributed by atoms with van der Waals surface area (Å²) in [5, 5.41) is 11.1. The maximum atomic E-state index is 10.9. The molecule has 0 aliphatic heterocycles. The number of nitro groups is 1. The summed E-state index contributed by atoms with van der Waals surface area (Å²) in [5.41, 5.74) is 0.678. The van der Waals surface area contributed by atoms with E-state index < -0.39 is 4.92 Å². The van der Waals surface area contributed by atoms with Crippen LogP contribution in [-0.4, -0.2) is 24.0 Å². The smallest absolute Gasteiger partial charge is 0.331 e. The van der Waals surface area contributed by atoms with E-state index in [1.54, 1.807) is 18.2 Å². The van der Waals surface area contributed by atoms with E-state index in [-0.39, 0.29) is 16.7 Å². The number of aromatic nitrogens is 1. The Morgan fingerprint density at radius 2 is 2.05 bits per heavy atom. The van der Waals surface area contributed by atoms with E-state index >= 15 is 0 Å². The standard InChI is InChI=1S/C13H12ClN3O3/c1-16(2)9-4-3-5-10(8-9)20-13-11(17(18)19)6-7-12(14)15-13/h3-8H,1-2H3. The number of rotatable bonds is 4. The van der Waals surface area contributed by atoms with E-state index in [2.05, 4.69) is 4.98 Å². The van der Waals surface area contributed by atoms with Gasteiger partial charge < -0.3 is 9.64 Å². The molecule has 2 aromatic rings. The van der Waals surface area contributed by atoms with Crippen LogP contribution < -0.4 is 9.64 Å². The molecule has 20 heavy (non-hydrogen) atoms. The summed E-state index contributed by atoms with van der Waals surface area (Å²) < 4.78 is 5.48. The molecule has 1 heterocycles. The highest BCUT2D eigenvalue weighted by atomic mass is 35.5. The second-order valence-electron chi connectivity index (χ2n) is 4.21. The lowest BCUT2D eigenvalue weighted by atomic mass is 10.3. The zero-order valence-electron chi connectivity index (χ0n) is 10.9. The van der Waals surface area contributed by atoms with Crippen molar-refractivity contribution in [3.8, 4) is 11.6 Å². The SMILES string of the molecule is CN(C)c1cccc(Oc2nc(Cl)ccc2[N+](=O)[O-])c1. The molecule has 1 aromatic carbocycles. The Balaban J connectivity index is 2.36. The van der Waals surface area contributed by atoms with Gasteiger partial charge in [-0.05, 0) is 18.2 Å². The molecule has 0 saturated heterocycles. The molecule has 0 unspecified atom stereocenters. The monoisotopic (exact) mass is 293 g/mol. The van der Waals surface area contributed by atoms with Gasteiger partial charge in [0.1, 0.15) is 10.9 Å². The van der Waals surface area contributed by atoms with E-state index in [9.17, 15) is 10.1 Å². The van der Waals surface area contributed by atoms with Gasteiger partial charge in [-0.25, -0.2) is 0 Å². The molecule has 0 amide bonds. The zero-order valence-corrected chi connectivity index (χ0v) is 11.7. The summed E-state index contributed by atoms with van der Waals surface area (Å²) in [7, 11) is 3.78. The minimum Gasteiger partial charge on any atom is -0.434 e. The third-order valence-electron chi connectivity index (χ3n) is 2.55. The minimum atomic E-state index is -0.561. The van der Waals surface area contributed by atoms with Crippen LogP contribution in [0.2, 0.25) is 5.15 Å². The van der Waals surface area contributed by atoms with Crippen LogP contribution in [0.1, 0.15) is 0 Å². The van der Waals surface area contributed by atoms with Crippen molar-refractivity contribution in [2.45, 2.75) is 0 Å². The molecular weight excluding hydrogens is 282 g/mol. The maximum absolute atomic E-state index is 10.9. The highest BCUT2D eigenvalue weighted by Gasteiger charge is 2.18. The Hall–Kier alpha value is -2.34. The Morgan fingerprint density at radius 3 is 2.70 bits per heavy atom. The molecule has 0 radical (unpaired) electrons. The molecule has 0 spiro atoms. The lowest BCUT2D eigenvalue weighted by Crippen LogP contribution is -2.08. The molecule has 0 aliphatic rings. The number of hydrogen-bond donors (Lipinski definition) is 0. The molecule has 104 valence electrons. The molecular formula is C13H12ClN3O3. The third kappa shape index (κ3) is 3.16. The second-order valence-corrected chi connectivity index (χ2v) is 4.60. The van der Waals surface area contributed by atoms with E-state index in [1.807, 2.05) is 25.1 Å². The number of pyridine rings is 1. The van der Waals surface area contributed by atoms with Crippen molar-refractivity contribution in [1.82, 2.24) is 4.98 Å². The van der Waals surface area contributed by atoms with Gasteiger partial charge in [0.05, 0.1) is 4.92 Å². The molecule has 2 rings (SSSR count). The molecule has 0 N–H and O–H groups in total. The summed E-state index contributed by atoms with van der Waals surface area (Å²) in [4.78, 5) is 16.1. The predicted molar refractivity (Wildman–Crippen MR) is 76.7 cm³/mol. The molecule has 0 bridgehead atoms. The van der Waals surface area contributed by atoms with Gasteiger partial charge in [0.25, 0.3) is 0 Å². The van der Waals surface area contributed by atoms with Gasteiger partial charge in [0.2, 0.25) is 0 Å². The van der Waals surface area contributed by atoms with E-state index in [4.69, 9.17) is 16.3 Å². The van der Waals surface area contributed by atoms with Gasteiger partial charge in [0.15, 0.2) is 0 Å². The van der Waals surface area contributed by atoms with E-state index in [1.165, 1.54) is 12.1 Å². The van der Waals surface area contributed by atoms with E-state index in [0.717, 1.165) is 5.69 Å². The predicted octanol–water partition coefficient (Wildman–Crippen LogP) is 3.50. The first-order valence-corrected chi connectivity index (χ1v) is 6.11. The van der Waals surface area contributed by atoms with Gasteiger partial charge in [-0.15, -0.1) is 0 Å². The van der Waals surface area contributed by atoms with Gasteiger partial charge in [-0.2, -0.15) is 4.98 Å². The molecule has 7 heteroatoms.